The number of fused-ring (bicyclic) bond motifs is 2. The molecule has 186 valence electrons. The van der Waals surface area contributed by atoms with Crippen LogP contribution in [0.4, 0.5) is 13.2 Å². The smallest absolute Gasteiger partial charge is 0.358 e. The van der Waals surface area contributed by atoms with Gasteiger partial charge in [0.2, 0.25) is 5.91 Å². The van der Waals surface area contributed by atoms with Crippen molar-refractivity contribution in [2.24, 2.45) is 17.1 Å². The predicted octanol–water partition coefficient (Wildman–Crippen LogP) is 3.10. The Morgan fingerprint density at radius 3 is 2.77 bits per heavy atom. The summed E-state index contributed by atoms with van der Waals surface area (Å²) >= 11 is 5.66. The molecule has 1 aromatic heterocycles. The number of carbonyl (C=O) groups excluding carboxylic acids is 1. The first-order valence-corrected chi connectivity index (χ1v) is 12.2. The molecule has 1 saturated carbocycles. The van der Waals surface area contributed by atoms with Crippen molar-refractivity contribution in [3.63, 3.8) is 0 Å². The third kappa shape index (κ3) is 4.61. The van der Waals surface area contributed by atoms with Gasteiger partial charge in [-0.1, -0.05) is 30.3 Å². The SMILES string of the molecule is N[C@@H]1C[C@H]2CN(C(=S)NCc3ccccc3)C[C@@]2(C(=O)N2CCc3ncc(C(F)(F)F)cc3C2)C1. The molecular weight excluding hydrogens is 475 g/mol. The van der Waals surface area contributed by atoms with E-state index in [-0.39, 0.29) is 24.4 Å². The van der Waals surface area contributed by atoms with Crippen LogP contribution in [0, 0.1) is 11.3 Å². The zero-order valence-electron chi connectivity index (χ0n) is 19.2. The molecule has 1 amide bonds. The van der Waals surface area contributed by atoms with Crippen LogP contribution in [0.3, 0.4) is 0 Å². The van der Waals surface area contributed by atoms with Gasteiger partial charge < -0.3 is 20.9 Å². The molecule has 2 aliphatic heterocycles. The van der Waals surface area contributed by atoms with Crippen LogP contribution >= 0.6 is 12.2 Å². The lowest BCUT2D eigenvalue weighted by atomic mass is 9.78. The van der Waals surface area contributed by atoms with E-state index in [1.54, 1.807) is 4.90 Å². The third-order valence-corrected chi connectivity index (χ3v) is 7.97. The van der Waals surface area contributed by atoms with Gasteiger partial charge in [-0.15, -0.1) is 0 Å². The van der Waals surface area contributed by atoms with Gasteiger partial charge in [0.1, 0.15) is 0 Å². The molecule has 10 heteroatoms. The van der Waals surface area contributed by atoms with Crippen molar-refractivity contribution in [1.82, 2.24) is 20.1 Å². The summed E-state index contributed by atoms with van der Waals surface area (Å²) in [7, 11) is 0. The molecule has 35 heavy (non-hydrogen) atoms. The zero-order chi connectivity index (χ0) is 24.8. The standard InChI is InChI=1S/C25H28F3N5OS/c26-25(27,28)18-8-17-13-32(7-6-21(17)30-12-18)22(34)24-10-20(29)9-19(24)14-33(15-24)23(35)31-11-16-4-2-1-3-5-16/h1-5,8,12,19-20H,6-7,9-11,13-15,29H2,(H,31,35)/t19-,20+,24-/m0/s1. The Balaban J connectivity index is 1.31. The fourth-order valence-electron chi connectivity index (χ4n) is 5.86. The normalized spacial score (nSPS) is 25.8. The molecule has 0 spiro atoms. The van der Waals surface area contributed by atoms with Crippen molar-refractivity contribution in [1.29, 1.82) is 0 Å². The first kappa shape index (κ1) is 24.0. The highest BCUT2D eigenvalue weighted by Gasteiger charge is 2.58. The fourth-order valence-corrected chi connectivity index (χ4v) is 6.07. The Bertz CT molecular complexity index is 1130. The Hall–Kier alpha value is -2.72. The first-order valence-electron chi connectivity index (χ1n) is 11.8. The molecule has 0 unspecified atom stereocenters. The van der Waals surface area contributed by atoms with Gasteiger partial charge in [-0.25, -0.2) is 0 Å². The van der Waals surface area contributed by atoms with Crippen LogP contribution in [0.5, 0.6) is 0 Å². The Labute approximate surface area is 207 Å². The van der Waals surface area contributed by atoms with Gasteiger partial charge in [0.15, 0.2) is 5.11 Å². The maximum atomic E-state index is 13.9. The second kappa shape index (κ2) is 9.05. The number of aromatic nitrogens is 1. The fraction of sp³-hybridized carbons (Fsp3) is 0.480. The second-order valence-electron chi connectivity index (χ2n) is 9.88. The predicted molar refractivity (Wildman–Crippen MR) is 129 cm³/mol. The van der Waals surface area contributed by atoms with Gasteiger partial charge in [0, 0.05) is 57.1 Å². The van der Waals surface area contributed by atoms with Gasteiger partial charge in [0.05, 0.1) is 11.0 Å². The Kier molecular flexibility index (Phi) is 6.21. The molecule has 5 rings (SSSR count). The summed E-state index contributed by atoms with van der Waals surface area (Å²) < 4.78 is 39.6. The van der Waals surface area contributed by atoms with Gasteiger partial charge in [0.25, 0.3) is 0 Å². The highest BCUT2D eigenvalue weighted by atomic mass is 32.1. The number of hydrogen-bond donors (Lipinski definition) is 2. The lowest BCUT2D eigenvalue weighted by molar-refractivity contribution is -0.143. The molecule has 3 aliphatic rings. The molecule has 3 atom stereocenters. The maximum Gasteiger partial charge on any atom is 0.417 e. The van der Waals surface area contributed by atoms with E-state index < -0.39 is 17.2 Å². The summed E-state index contributed by atoms with van der Waals surface area (Å²) in [5.41, 5.74) is 7.04. The topological polar surface area (TPSA) is 74.5 Å². The number of halogens is 3. The number of carbonyl (C=O) groups is 1. The van der Waals surface area contributed by atoms with E-state index in [2.05, 4.69) is 10.3 Å². The van der Waals surface area contributed by atoms with Gasteiger partial charge in [-0.3, -0.25) is 9.78 Å². The Morgan fingerprint density at radius 1 is 1.26 bits per heavy atom. The van der Waals surface area contributed by atoms with Crippen molar-refractivity contribution >= 4 is 23.2 Å². The summed E-state index contributed by atoms with van der Waals surface area (Å²) in [6.07, 6.45) is -1.87. The highest BCUT2D eigenvalue weighted by molar-refractivity contribution is 7.80. The van der Waals surface area contributed by atoms with Crippen LogP contribution in [0.1, 0.15) is 35.2 Å². The summed E-state index contributed by atoms with van der Waals surface area (Å²) in [4.78, 5) is 21.7. The summed E-state index contributed by atoms with van der Waals surface area (Å²) in [5, 5.41) is 3.90. The van der Waals surface area contributed by atoms with Crippen molar-refractivity contribution < 1.29 is 18.0 Å². The largest absolute Gasteiger partial charge is 0.417 e. The molecule has 0 bridgehead atoms. The van der Waals surface area contributed by atoms with Crippen LogP contribution in [0.2, 0.25) is 0 Å². The minimum Gasteiger partial charge on any atom is -0.358 e. The minimum absolute atomic E-state index is 0.0353. The van der Waals surface area contributed by atoms with Crippen molar-refractivity contribution in [2.75, 3.05) is 19.6 Å². The van der Waals surface area contributed by atoms with E-state index in [0.717, 1.165) is 24.2 Å². The molecule has 0 radical (unpaired) electrons. The molecule has 2 fully saturated rings. The van der Waals surface area contributed by atoms with Crippen LogP contribution < -0.4 is 11.1 Å². The van der Waals surface area contributed by atoms with E-state index in [4.69, 9.17) is 18.0 Å². The minimum atomic E-state index is -4.47. The van der Waals surface area contributed by atoms with Crippen LogP contribution in [-0.4, -0.2) is 51.5 Å². The third-order valence-electron chi connectivity index (χ3n) is 7.56. The number of hydrogen-bond acceptors (Lipinski definition) is 4. The first-order chi connectivity index (χ1) is 16.7. The molecule has 3 N–H and O–H groups in total. The molecule has 1 saturated heterocycles. The molecule has 2 aromatic rings. The lowest BCUT2D eigenvalue weighted by Crippen LogP contribution is -2.49. The number of rotatable bonds is 3. The van der Waals surface area contributed by atoms with Crippen molar-refractivity contribution in [3.05, 3.63) is 65.0 Å². The number of benzene rings is 1. The molecule has 6 nitrogen and oxygen atoms in total. The monoisotopic (exact) mass is 503 g/mol. The van der Waals surface area contributed by atoms with Gasteiger partial charge in [-0.2, -0.15) is 13.2 Å². The number of pyridine rings is 1. The molecule has 3 heterocycles. The van der Waals surface area contributed by atoms with Crippen LogP contribution in [-0.2, 0) is 30.5 Å². The number of likely N-dealkylation sites (tertiary alicyclic amines) is 1. The average molecular weight is 504 g/mol. The summed E-state index contributed by atoms with van der Waals surface area (Å²) in [6.45, 7) is 2.27. The number of amides is 1. The number of nitrogens with zero attached hydrogens (tertiary/aromatic N) is 3. The maximum absolute atomic E-state index is 13.9. The quantitative estimate of drug-likeness (QED) is 0.628. The lowest BCUT2D eigenvalue weighted by Gasteiger charge is -2.37. The number of thiocarbonyl (C=S) groups is 1. The van der Waals surface area contributed by atoms with E-state index in [1.807, 2.05) is 35.2 Å². The van der Waals surface area contributed by atoms with Crippen molar-refractivity contribution in [3.8, 4) is 0 Å². The van der Waals surface area contributed by atoms with Crippen LogP contribution in [0.15, 0.2) is 42.6 Å². The van der Waals surface area contributed by atoms with Gasteiger partial charge >= 0.3 is 6.18 Å². The number of nitrogens with one attached hydrogen (secondary N) is 1. The van der Waals surface area contributed by atoms with E-state index >= 15 is 0 Å². The molecular formula is C25H28F3N5OS. The van der Waals surface area contributed by atoms with Crippen molar-refractivity contribution in [2.45, 2.75) is 44.6 Å². The van der Waals surface area contributed by atoms with E-state index in [0.29, 0.717) is 55.4 Å². The molecule has 1 aromatic carbocycles. The van der Waals surface area contributed by atoms with Gasteiger partial charge in [-0.05, 0) is 48.2 Å². The molecule has 1 aliphatic carbocycles. The highest BCUT2D eigenvalue weighted by Crippen LogP contribution is 2.50. The van der Waals surface area contributed by atoms with Crippen LogP contribution in [0.25, 0.3) is 0 Å². The zero-order valence-corrected chi connectivity index (χ0v) is 20.0. The second-order valence-corrected chi connectivity index (χ2v) is 10.3. The summed E-state index contributed by atoms with van der Waals surface area (Å²) in [5.74, 6) is 0.0226. The Morgan fingerprint density at radius 2 is 2.03 bits per heavy atom. The van der Waals surface area contributed by atoms with E-state index in [9.17, 15) is 18.0 Å². The average Bonchev–Trinajstić information content (AvgIpc) is 3.35. The van der Waals surface area contributed by atoms with E-state index in [1.165, 1.54) is 0 Å². The summed E-state index contributed by atoms with van der Waals surface area (Å²) in [6, 6.07) is 11.0. The number of nitrogens with two attached hydrogens (primary N) is 1. The number of alkyl halides is 3.